The molecule has 2 heterocycles. The second-order valence-corrected chi connectivity index (χ2v) is 8.15. The van der Waals surface area contributed by atoms with Gasteiger partial charge in [0.05, 0.1) is 13.2 Å². The molecule has 0 unspecified atom stereocenters. The molecule has 12 nitrogen and oxygen atoms in total. The Bertz CT molecular complexity index is 1470. The van der Waals surface area contributed by atoms with E-state index in [1.807, 2.05) is 0 Å². The van der Waals surface area contributed by atoms with Crippen LogP contribution in [0.2, 0.25) is 0 Å². The number of esters is 3. The molecule has 0 bridgehead atoms. The van der Waals surface area contributed by atoms with Gasteiger partial charge >= 0.3 is 24.0 Å². The number of rotatable bonds is 5. The van der Waals surface area contributed by atoms with Crippen molar-refractivity contribution in [2.75, 3.05) is 26.3 Å². The van der Waals surface area contributed by atoms with E-state index in [0.29, 0.717) is 31.9 Å². The minimum absolute atomic E-state index is 0.0984. The summed E-state index contributed by atoms with van der Waals surface area (Å²) in [5.74, 6) is -3.10. The molecule has 38 heavy (non-hydrogen) atoms. The number of amides is 1. The Morgan fingerprint density at radius 1 is 0.789 bits per heavy atom. The van der Waals surface area contributed by atoms with E-state index in [4.69, 9.17) is 28.1 Å². The summed E-state index contributed by atoms with van der Waals surface area (Å²) in [6, 6.07) is 8.59. The molecule has 0 N–H and O–H groups in total. The highest BCUT2D eigenvalue weighted by Crippen LogP contribution is 2.44. The molecule has 0 radical (unpaired) electrons. The molecule has 198 valence electrons. The fourth-order valence-corrected chi connectivity index (χ4v) is 3.70. The minimum atomic E-state index is -0.814. The van der Waals surface area contributed by atoms with Crippen LogP contribution in [0.3, 0.4) is 0 Å². The second kappa shape index (κ2) is 11.1. The third-order valence-electron chi connectivity index (χ3n) is 5.25. The lowest BCUT2D eigenvalue weighted by Gasteiger charge is -2.25. The average Bonchev–Trinajstić information content (AvgIpc) is 2.86. The molecule has 3 aromatic rings. The first kappa shape index (κ1) is 26.4. The summed E-state index contributed by atoms with van der Waals surface area (Å²) in [5.41, 5.74) is -0.260. The number of morpholine rings is 1. The molecule has 0 aliphatic carbocycles. The number of hydrogen-bond donors (Lipinski definition) is 0. The fraction of sp³-hybridized carbons (Fsp3) is 0.269. The Morgan fingerprint density at radius 2 is 1.39 bits per heavy atom. The number of hydrogen-bond acceptors (Lipinski definition) is 11. The van der Waals surface area contributed by atoms with Gasteiger partial charge in [0.1, 0.15) is 22.5 Å². The van der Waals surface area contributed by atoms with Crippen LogP contribution in [0.5, 0.6) is 23.0 Å². The van der Waals surface area contributed by atoms with Gasteiger partial charge in [0.15, 0.2) is 16.9 Å². The summed E-state index contributed by atoms with van der Waals surface area (Å²) in [6.45, 7) is 5.04. The van der Waals surface area contributed by atoms with E-state index < -0.39 is 40.9 Å². The predicted octanol–water partition coefficient (Wildman–Crippen LogP) is 3.07. The van der Waals surface area contributed by atoms with Crippen molar-refractivity contribution < 1.29 is 47.3 Å². The molecule has 12 heteroatoms. The lowest BCUT2D eigenvalue weighted by molar-refractivity contribution is -0.135. The largest absolute Gasteiger partial charge is 0.456 e. The highest BCUT2D eigenvalue weighted by molar-refractivity contribution is 5.94. The van der Waals surface area contributed by atoms with Crippen molar-refractivity contribution in [3.05, 3.63) is 46.6 Å². The Kier molecular flexibility index (Phi) is 7.72. The molecular formula is C26H23NO11. The first-order chi connectivity index (χ1) is 18.1. The van der Waals surface area contributed by atoms with Crippen LogP contribution < -0.4 is 24.4 Å². The third-order valence-corrected chi connectivity index (χ3v) is 5.25. The summed E-state index contributed by atoms with van der Waals surface area (Å²) < 4.78 is 31.9. The normalized spacial score (nSPS) is 13.1. The van der Waals surface area contributed by atoms with E-state index in [9.17, 15) is 24.0 Å². The molecule has 4 rings (SSSR count). The topological polar surface area (TPSA) is 148 Å². The molecule has 0 atom stereocenters. The SMILES string of the molecule is CC(=O)Oc1cc2oc(-c3ccc(OC(=O)N4CCOCC4)cc3)cc(=O)c2c(OC(C)=O)c1OC(C)=O. The van der Waals surface area contributed by atoms with Crippen LogP contribution in [0.15, 0.2) is 45.6 Å². The van der Waals surface area contributed by atoms with Crippen molar-refractivity contribution in [2.24, 2.45) is 0 Å². The molecular weight excluding hydrogens is 502 g/mol. The standard InChI is InChI=1S/C26H23NO11/c1-14(28)34-22-13-21-23(25(36-16(3)30)24(22)35-15(2)29)19(31)12-20(38-21)17-4-6-18(7-5-17)37-26(32)27-8-10-33-11-9-27/h4-7,12-13H,8-11H2,1-3H3. The van der Waals surface area contributed by atoms with Crippen LogP contribution in [0.25, 0.3) is 22.3 Å². The van der Waals surface area contributed by atoms with Crippen LogP contribution in [-0.4, -0.2) is 55.2 Å². The van der Waals surface area contributed by atoms with E-state index in [1.54, 1.807) is 12.1 Å². The molecule has 1 saturated heterocycles. The lowest BCUT2D eigenvalue weighted by atomic mass is 10.1. The number of benzene rings is 2. The molecule has 1 fully saturated rings. The lowest BCUT2D eigenvalue weighted by Crippen LogP contribution is -2.42. The number of carbonyl (C=O) groups is 4. The van der Waals surface area contributed by atoms with Crippen molar-refractivity contribution in [1.29, 1.82) is 0 Å². The summed E-state index contributed by atoms with van der Waals surface area (Å²) >= 11 is 0. The van der Waals surface area contributed by atoms with Crippen molar-refractivity contribution in [3.63, 3.8) is 0 Å². The summed E-state index contributed by atoms with van der Waals surface area (Å²) in [4.78, 5) is 62.1. The maximum Gasteiger partial charge on any atom is 0.415 e. The molecule has 1 aliphatic heterocycles. The van der Waals surface area contributed by atoms with Crippen LogP contribution in [0.4, 0.5) is 4.79 Å². The zero-order valence-corrected chi connectivity index (χ0v) is 20.7. The Morgan fingerprint density at radius 3 is 2.00 bits per heavy atom. The summed E-state index contributed by atoms with van der Waals surface area (Å²) in [5, 5.41) is -0.202. The minimum Gasteiger partial charge on any atom is -0.456 e. The summed E-state index contributed by atoms with van der Waals surface area (Å²) in [7, 11) is 0. The van der Waals surface area contributed by atoms with E-state index in [0.717, 1.165) is 26.8 Å². The average molecular weight is 525 g/mol. The van der Waals surface area contributed by atoms with Crippen LogP contribution in [-0.2, 0) is 19.1 Å². The van der Waals surface area contributed by atoms with Crippen molar-refractivity contribution in [2.45, 2.75) is 20.8 Å². The zero-order valence-electron chi connectivity index (χ0n) is 20.7. The fourth-order valence-electron chi connectivity index (χ4n) is 3.70. The molecule has 1 aromatic heterocycles. The van der Waals surface area contributed by atoms with Crippen LogP contribution in [0, 0.1) is 0 Å². The molecule has 2 aromatic carbocycles. The number of carbonyl (C=O) groups excluding carboxylic acids is 4. The van der Waals surface area contributed by atoms with Gasteiger partial charge in [-0.2, -0.15) is 0 Å². The van der Waals surface area contributed by atoms with Crippen LogP contribution in [0.1, 0.15) is 20.8 Å². The van der Waals surface area contributed by atoms with Crippen molar-refractivity contribution in [1.82, 2.24) is 4.90 Å². The van der Waals surface area contributed by atoms with Gasteiger partial charge in [0.25, 0.3) is 0 Å². The predicted molar refractivity (Wildman–Crippen MR) is 130 cm³/mol. The monoisotopic (exact) mass is 525 g/mol. The molecule has 0 spiro atoms. The van der Waals surface area contributed by atoms with Gasteiger partial charge in [-0.1, -0.05) is 0 Å². The number of fused-ring (bicyclic) bond motifs is 1. The first-order valence-corrected chi connectivity index (χ1v) is 11.5. The van der Waals surface area contributed by atoms with Gasteiger partial charge in [-0.3, -0.25) is 19.2 Å². The van der Waals surface area contributed by atoms with Gasteiger partial charge < -0.3 is 33.0 Å². The first-order valence-electron chi connectivity index (χ1n) is 11.5. The quantitative estimate of drug-likeness (QED) is 0.357. The van der Waals surface area contributed by atoms with E-state index in [1.165, 1.54) is 23.1 Å². The smallest absolute Gasteiger partial charge is 0.415 e. The third kappa shape index (κ3) is 5.98. The van der Waals surface area contributed by atoms with E-state index >= 15 is 0 Å². The molecule has 1 aliphatic rings. The maximum atomic E-state index is 13.1. The maximum absolute atomic E-state index is 13.1. The molecule has 0 saturated carbocycles. The van der Waals surface area contributed by atoms with Crippen LogP contribution >= 0.6 is 0 Å². The van der Waals surface area contributed by atoms with Gasteiger partial charge in [0.2, 0.25) is 5.75 Å². The Balaban J connectivity index is 1.74. The number of nitrogens with zero attached hydrogens (tertiary/aromatic N) is 1. The second-order valence-electron chi connectivity index (χ2n) is 8.15. The summed E-state index contributed by atoms with van der Waals surface area (Å²) in [6.07, 6.45) is -0.502. The van der Waals surface area contributed by atoms with Gasteiger partial charge in [-0.25, -0.2) is 4.79 Å². The van der Waals surface area contributed by atoms with Gasteiger partial charge in [0, 0.05) is 51.6 Å². The van der Waals surface area contributed by atoms with E-state index in [2.05, 4.69) is 0 Å². The highest BCUT2D eigenvalue weighted by Gasteiger charge is 2.26. The van der Waals surface area contributed by atoms with E-state index in [-0.39, 0.29) is 28.2 Å². The zero-order chi connectivity index (χ0) is 27.4. The number of ether oxygens (including phenoxy) is 5. The molecule has 1 amide bonds. The van der Waals surface area contributed by atoms with Gasteiger partial charge in [-0.05, 0) is 24.3 Å². The van der Waals surface area contributed by atoms with Crippen molar-refractivity contribution in [3.8, 4) is 34.3 Å². The Labute approximate surface area is 215 Å². The van der Waals surface area contributed by atoms with Gasteiger partial charge in [-0.15, -0.1) is 0 Å². The Hall–Kier alpha value is -4.71. The van der Waals surface area contributed by atoms with Crippen molar-refractivity contribution >= 4 is 35.0 Å². The highest BCUT2D eigenvalue weighted by atomic mass is 16.6.